The van der Waals surface area contributed by atoms with Gasteiger partial charge in [-0.2, -0.15) is 0 Å². The van der Waals surface area contributed by atoms with E-state index in [2.05, 4.69) is 15.5 Å². The molecule has 8 heteroatoms. The summed E-state index contributed by atoms with van der Waals surface area (Å²) >= 11 is 0. The fourth-order valence-electron chi connectivity index (χ4n) is 3.14. The van der Waals surface area contributed by atoms with Crippen LogP contribution in [0.3, 0.4) is 0 Å². The van der Waals surface area contributed by atoms with Gasteiger partial charge < -0.3 is 24.5 Å². The number of fused-ring (bicyclic) bond motifs is 1. The number of carbonyl (C=O) groups excluding carboxylic acids is 1. The van der Waals surface area contributed by atoms with Crippen LogP contribution in [0.2, 0.25) is 0 Å². The molecule has 0 atom stereocenters. The number of hydrogen-bond acceptors (Lipinski definition) is 6. The Kier molecular flexibility index (Phi) is 4.84. The molecule has 1 aliphatic rings. The summed E-state index contributed by atoms with van der Waals surface area (Å²) in [5.74, 6) is 2.60. The van der Waals surface area contributed by atoms with E-state index in [4.69, 9.17) is 9.47 Å². The first-order valence-corrected chi connectivity index (χ1v) is 9.05. The van der Waals surface area contributed by atoms with Crippen LogP contribution >= 0.6 is 0 Å². The molecule has 8 nitrogen and oxygen atoms in total. The molecule has 0 saturated carbocycles. The molecular formula is C20H20N4O4. The Labute approximate surface area is 161 Å². The molecular weight excluding hydrogens is 360 g/mol. The number of para-hydroxylation sites is 1. The molecule has 1 amide bonds. The topological polar surface area (TPSA) is 98.5 Å². The van der Waals surface area contributed by atoms with Crippen LogP contribution in [0.5, 0.6) is 17.2 Å². The highest BCUT2D eigenvalue weighted by atomic mass is 16.7. The zero-order chi connectivity index (χ0) is 19.5. The van der Waals surface area contributed by atoms with E-state index in [9.17, 15) is 9.90 Å². The van der Waals surface area contributed by atoms with Crippen LogP contribution in [0.1, 0.15) is 19.2 Å². The molecule has 0 radical (unpaired) electrons. The van der Waals surface area contributed by atoms with Crippen LogP contribution in [0.4, 0.5) is 5.69 Å². The second kappa shape index (κ2) is 7.59. The van der Waals surface area contributed by atoms with Gasteiger partial charge in [0.05, 0.1) is 5.56 Å². The molecule has 1 aliphatic heterocycles. The second-order valence-electron chi connectivity index (χ2n) is 6.32. The van der Waals surface area contributed by atoms with Crippen LogP contribution in [-0.4, -0.2) is 32.6 Å². The van der Waals surface area contributed by atoms with Crippen molar-refractivity contribution in [1.82, 2.24) is 14.8 Å². The molecule has 0 fully saturated rings. The third-order valence-corrected chi connectivity index (χ3v) is 4.52. The molecule has 4 rings (SSSR count). The van der Waals surface area contributed by atoms with E-state index in [1.807, 2.05) is 17.6 Å². The first-order valence-electron chi connectivity index (χ1n) is 9.05. The van der Waals surface area contributed by atoms with Crippen molar-refractivity contribution < 1.29 is 19.4 Å². The van der Waals surface area contributed by atoms with Crippen molar-refractivity contribution >= 4 is 11.6 Å². The summed E-state index contributed by atoms with van der Waals surface area (Å²) in [4.78, 5) is 12.3. The van der Waals surface area contributed by atoms with Crippen molar-refractivity contribution in [2.45, 2.75) is 26.3 Å². The van der Waals surface area contributed by atoms with Crippen LogP contribution < -0.4 is 14.8 Å². The van der Waals surface area contributed by atoms with Gasteiger partial charge in [0.1, 0.15) is 11.6 Å². The van der Waals surface area contributed by atoms with Crippen molar-refractivity contribution in [3.05, 3.63) is 48.3 Å². The Morgan fingerprint density at radius 2 is 2.00 bits per heavy atom. The van der Waals surface area contributed by atoms with E-state index < -0.39 is 0 Å². The fourth-order valence-corrected chi connectivity index (χ4v) is 3.14. The van der Waals surface area contributed by atoms with Crippen LogP contribution in [-0.2, 0) is 17.8 Å². The van der Waals surface area contributed by atoms with E-state index >= 15 is 0 Å². The average Bonchev–Trinajstić information content (AvgIpc) is 3.32. The first-order chi connectivity index (χ1) is 13.7. The molecule has 2 heterocycles. The predicted molar refractivity (Wildman–Crippen MR) is 102 cm³/mol. The Bertz CT molecular complexity index is 1020. The summed E-state index contributed by atoms with van der Waals surface area (Å²) < 4.78 is 12.5. The number of carbonyl (C=O) groups is 1. The molecule has 28 heavy (non-hydrogen) atoms. The summed E-state index contributed by atoms with van der Waals surface area (Å²) in [5, 5.41) is 21.4. The maximum Gasteiger partial charge on any atom is 0.231 e. The van der Waals surface area contributed by atoms with Gasteiger partial charge in [-0.25, -0.2) is 0 Å². The minimum absolute atomic E-state index is 0.131. The predicted octanol–water partition coefficient (Wildman–Crippen LogP) is 2.97. The maximum absolute atomic E-state index is 12.3. The van der Waals surface area contributed by atoms with Crippen molar-refractivity contribution in [3.63, 3.8) is 0 Å². The van der Waals surface area contributed by atoms with Crippen molar-refractivity contribution in [3.8, 4) is 28.6 Å². The normalized spacial score (nSPS) is 12.2. The number of phenols is 1. The van der Waals surface area contributed by atoms with Crippen LogP contribution in [0.25, 0.3) is 11.4 Å². The van der Waals surface area contributed by atoms with Crippen molar-refractivity contribution in [2.75, 3.05) is 12.1 Å². The lowest BCUT2D eigenvalue weighted by molar-refractivity contribution is -0.116. The van der Waals surface area contributed by atoms with Gasteiger partial charge >= 0.3 is 0 Å². The number of aromatic nitrogens is 3. The number of amides is 1. The molecule has 0 saturated heterocycles. The smallest absolute Gasteiger partial charge is 0.231 e. The van der Waals surface area contributed by atoms with E-state index in [-0.39, 0.29) is 24.9 Å². The number of hydrogen-bond donors (Lipinski definition) is 2. The van der Waals surface area contributed by atoms with Gasteiger partial charge in [0, 0.05) is 31.1 Å². The van der Waals surface area contributed by atoms with Gasteiger partial charge in [0.2, 0.25) is 12.7 Å². The number of ether oxygens (including phenoxy) is 2. The molecule has 2 N–H and O–H groups in total. The molecule has 0 bridgehead atoms. The van der Waals surface area contributed by atoms with E-state index in [1.54, 1.807) is 36.4 Å². The highest BCUT2D eigenvalue weighted by Gasteiger charge is 2.17. The summed E-state index contributed by atoms with van der Waals surface area (Å²) in [5.41, 5.74) is 1.27. The number of rotatable bonds is 6. The molecule has 0 unspecified atom stereocenters. The lowest BCUT2D eigenvalue weighted by atomic mass is 10.2. The minimum atomic E-state index is -0.131. The average molecular weight is 380 g/mol. The quantitative estimate of drug-likeness (QED) is 0.682. The second-order valence-corrected chi connectivity index (χ2v) is 6.32. The number of phenolic OH excluding ortho intramolecular Hbond substituents is 1. The Morgan fingerprint density at radius 1 is 1.18 bits per heavy atom. The summed E-state index contributed by atoms with van der Waals surface area (Å²) in [6.07, 6.45) is 0.693. The third kappa shape index (κ3) is 3.48. The van der Waals surface area contributed by atoms with Gasteiger partial charge in [-0.3, -0.25) is 4.79 Å². The SMILES string of the molecule is CCn1c(CCC(=O)Nc2ccc3c(c2)OCO3)nnc1-c1ccccc1O. The number of aromatic hydroxyl groups is 1. The van der Waals surface area contributed by atoms with E-state index in [0.717, 1.165) is 0 Å². The lowest BCUT2D eigenvalue weighted by Gasteiger charge is -2.09. The summed E-state index contributed by atoms with van der Waals surface area (Å²) in [7, 11) is 0. The Morgan fingerprint density at radius 3 is 2.82 bits per heavy atom. The monoisotopic (exact) mass is 380 g/mol. The number of benzene rings is 2. The summed E-state index contributed by atoms with van der Waals surface area (Å²) in [6, 6.07) is 12.3. The van der Waals surface area contributed by atoms with Crippen LogP contribution in [0, 0.1) is 0 Å². The molecule has 2 aromatic carbocycles. The van der Waals surface area contributed by atoms with E-state index in [0.29, 0.717) is 47.4 Å². The lowest BCUT2D eigenvalue weighted by Crippen LogP contribution is -2.14. The zero-order valence-electron chi connectivity index (χ0n) is 15.4. The van der Waals surface area contributed by atoms with Gasteiger partial charge in [-0.05, 0) is 31.2 Å². The van der Waals surface area contributed by atoms with Crippen molar-refractivity contribution in [1.29, 1.82) is 0 Å². The van der Waals surface area contributed by atoms with Crippen molar-refractivity contribution in [2.24, 2.45) is 0 Å². The van der Waals surface area contributed by atoms with Gasteiger partial charge in [-0.1, -0.05) is 12.1 Å². The third-order valence-electron chi connectivity index (χ3n) is 4.52. The number of nitrogens with zero attached hydrogens (tertiary/aromatic N) is 3. The van der Waals surface area contributed by atoms with Gasteiger partial charge in [0.15, 0.2) is 17.3 Å². The number of nitrogens with one attached hydrogen (secondary N) is 1. The molecule has 1 aromatic heterocycles. The minimum Gasteiger partial charge on any atom is -0.507 e. The zero-order valence-corrected chi connectivity index (χ0v) is 15.4. The highest BCUT2D eigenvalue weighted by molar-refractivity contribution is 5.91. The van der Waals surface area contributed by atoms with E-state index in [1.165, 1.54) is 0 Å². The van der Waals surface area contributed by atoms with Gasteiger partial charge in [0.25, 0.3) is 0 Å². The summed E-state index contributed by atoms with van der Waals surface area (Å²) in [6.45, 7) is 2.80. The Hall–Kier alpha value is -3.55. The largest absolute Gasteiger partial charge is 0.507 e. The number of anilines is 1. The molecule has 0 spiro atoms. The first kappa shape index (κ1) is 17.8. The number of aryl methyl sites for hydroxylation is 1. The standard InChI is InChI=1S/C20H20N4O4/c1-2-24-18(22-23-20(24)14-5-3-4-6-15(14)25)9-10-19(26)21-13-7-8-16-17(11-13)28-12-27-16/h3-8,11,25H,2,9-10,12H2,1H3,(H,21,26). The highest BCUT2D eigenvalue weighted by Crippen LogP contribution is 2.34. The van der Waals surface area contributed by atoms with Crippen LogP contribution in [0.15, 0.2) is 42.5 Å². The molecule has 144 valence electrons. The Balaban J connectivity index is 1.43. The maximum atomic E-state index is 12.3. The molecule has 3 aromatic rings. The fraction of sp³-hybridized carbons (Fsp3) is 0.250. The van der Waals surface area contributed by atoms with Gasteiger partial charge in [-0.15, -0.1) is 10.2 Å². The molecule has 0 aliphatic carbocycles.